The number of carbonyl (C=O) groups is 1. The molecule has 0 aromatic carbocycles. The summed E-state index contributed by atoms with van der Waals surface area (Å²) in [7, 11) is 0. The molecule has 1 aromatic heterocycles. The molecule has 5 nitrogen and oxygen atoms in total. The van der Waals surface area contributed by atoms with E-state index in [4.69, 9.17) is 4.52 Å². The van der Waals surface area contributed by atoms with Crippen molar-refractivity contribution in [3.05, 3.63) is 11.8 Å². The van der Waals surface area contributed by atoms with Gasteiger partial charge in [0.1, 0.15) is 0 Å². The predicted octanol–water partition coefficient (Wildman–Crippen LogP) is 2.79. The molecule has 5 heteroatoms. The number of rotatable bonds is 4. The lowest BCUT2D eigenvalue weighted by atomic mass is 9.92. The molecule has 2 heterocycles. The number of aromatic nitrogens is 1. The van der Waals surface area contributed by atoms with E-state index in [1.165, 1.54) is 12.8 Å². The molecule has 2 aliphatic rings. The van der Waals surface area contributed by atoms with Crippen LogP contribution >= 0.6 is 0 Å². The van der Waals surface area contributed by atoms with Crippen LogP contribution in [0, 0.1) is 5.92 Å². The van der Waals surface area contributed by atoms with E-state index in [-0.39, 0.29) is 17.4 Å². The van der Waals surface area contributed by atoms with Gasteiger partial charge < -0.3 is 4.52 Å². The van der Waals surface area contributed by atoms with E-state index in [0.717, 1.165) is 37.5 Å². The Morgan fingerprint density at radius 2 is 2.19 bits per heavy atom. The van der Waals surface area contributed by atoms with Gasteiger partial charge in [0.05, 0.1) is 11.7 Å². The molecule has 1 aliphatic heterocycles. The highest BCUT2D eigenvalue weighted by atomic mass is 16.5. The fraction of sp³-hybridized carbons (Fsp3) is 0.750. The highest BCUT2D eigenvalue weighted by molar-refractivity contribution is 5.93. The van der Waals surface area contributed by atoms with Gasteiger partial charge in [-0.2, -0.15) is 0 Å². The molecule has 1 atom stereocenters. The summed E-state index contributed by atoms with van der Waals surface area (Å²) < 4.78 is 5.25. The fourth-order valence-corrected chi connectivity index (χ4v) is 2.87. The van der Waals surface area contributed by atoms with Crippen molar-refractivity contribution >= 4 is 11.8 Å². The smallest absolute Gasteiger partial charge is 0.244 e. The first-order valence-corrected chi connectivity index (χ1v) is 7.95. The average Bonchev–Trinajstić information content (AvgIpc) is 2.89. The second-order valence-electron chi connectivity index (χ2n) is 7.41. The van der Waals surface area contributed by atoms with E-state index < -0.39 is 0 Å². The lowest BCUT2D eigenvalue weighted by Gasteiger charge is -2.22. The van der Waals surface area contributed by atoms with Crippen LogP contribution in [0.25, 0.3) is 0 Å². The van der Waals surface area contributed by atoms with E-state index in [2.05, 4.69) is 36.1 Å². The van der Waals surface area contributed by atoms with Gasteiger partial charge in [0.2, 0.25) is 11.8 Å². The summed E-state index contributed by atoms with van der Waals surface area (Å²) in [4.78, 5) is 14.8. The summed E-state index contributed by atoms with van der Waals surface area (Å²) in [5, 5.41) is 6.93. The molecule has 1 N–H and O–H groups in total. The standard InChI is InChI=1S/C16H25N3O2/c1-16(2,3)13-9-14(21-18-13)17-15(20)12-5-4-8-19(12)10-11-6-7-11/h9,11-12H,4-8,10H2,1-3H3,(H,17,20). The zero-order valence-corrected chi connectivity index (χ0v) is 13.2. The third-order valence-corrected chi connectivity index (χ3v) is 4.38. The van der Waals surface area contributed by atoms with E-state index in [1.807, 2.05) is 6.07 Å². The van der Waals surface area contributed by atoms with Crippen molar-refractivity contribution < 1.29 is 9.32 Å². The van der Waals surface area contributed by atoms with Crippen LogP contribution in [-0.4, -0.2) is 35.1 Å². The van der Waals surface area contributed by atoms with Crippen LogP contribution in [-0.2, 0) is 10.2 Å². The molecular formula is C16H25N3O2. The molecule has 1 aliphatic carbocycles. The number of amides is 1. The first-order chi connectivity index (χ1) is 9.93. The van der Waals surface area contributed by atoms with Gasteiger partial charge in [-0.1, -0.05) is 25.9 Å². The molecule has 1 amide bonds. The Hall–Kier alpha value is -1.36. The summed E-state index contributed by atoms with van der Waals surface area (Å²) in [5.74, 6) is 1.32. The van der Waals surface area contributed by atoms with Crippen molar-refractivity contribution in [1.29, 1.82) is 0 Å². The van der Waals surface area contributed by atoms with Crippen molar-refractivity contribution in [3.8, 4) is 0 Å². The van der Waals surface area contributed by atoms with Crippen LogP contribution in [0.1, 0.15) is 52.1 Å². The molecule has 116 valence electrons. The van der Waals surface area contributed by atoms with Crippen molar-refractivity contribution in [3.63, 3.8) is 0 Å². The quantitative estimate of drug-likeness (QED) is 0.926. The van der Waals surface area contributed by atoms with Crippen LogP contribution in [0.4, 0.5) is 5.88 Å². The van der Waals surface area contributed by atoms with E-state index in [9.17, 15) is 4.79 Å². The molecule has 1 saturated carbocycles. The van der Waals surface area contributed by atoms with Gasteiger partial charge in [-0.25, -0.2) is 0 Å². The Bertz CT molecular complexity index is 514. The SMILES string of the molecule is CC(C)(C)c1cc(NC(=O)C2CCCN2CC2CC2)on1. The number of hydrogen-bond acceptors (Lipinski definition) is 4. The van der Waals surface area contributed by atoms with Gasteiger partial charge in [-0.3, -0.25) is 15.0 Å². The van der Waals surface area contributed by atoms with Gasteiger partial charge >= 0.3 is 0 Å². The Balaban J connectivity index is 1.61. The minimum Gasteiger partial charge on any atom is -0.338 e. The molecule has 3 rings (SSSR count). The van der Waals surface area contributed by atoms with E-state index in [0.29, 0.717) is 5.88 Å². The number of likely N-dealkylation sites (tertiary alicyclic amines) is 1. The van der Waals surface area contributed by atoms with Gasteiger partial charge in [-0.15, -0.1) is 0 Å². The van der Waals surface area contributed by atoms with Crippen LogP contribution in [0.5, 0.6) is 0 Å². The first-order valence-electron chi connectivity index (χ1n) is 7.95. The average molecular weight is 291 g/mol. The van der Waals surface area contributed by atoms with Crippen LogP contribution in [0.3, 0.4) is 0 Å². The Morgan fingerprint density at radius 3 is 2.81 bits per heavy atom. The maximum absolute atomic E-state index is 12.4. The van der Waals surface area contributed by atoms with E-state index >= 15 is 0 Å². The Morgan fingerprint density at radius 1 is 1.43 bits per heavy atom. The second-order valence-corrected chi connectivity index (χ2v) is 7.41. The maximum Gasteiger partial charge on any atom is 0.244 e. The summed E-state index contributed by atoms with van der Waals surface area (Å²) in [6.07, 6.45) is 4.69. The normalized spacial score (nSPS) is 23.5. The van der Waals surface area contributed by atoms with E-state index in [1.54, 1.807) is 0 Å². The molecular weight excluding hydrogens is 266 g/mol. The van der Waals surface area contributed by atoms with Crippen LogP contribution < -0.4 is 5.32 Å². The second kappa shape index (κ2) is 5.44. The third kappa shape index (κ3) is 3.46. The monoisotopic (exact) mass is 291 g/mol. The van der Waals surface area contributed by atoms with Crippen LogP contribution in [0.2, 0.25) is 0 Å². The minimum absolute atomic E-state index is 0.00575. The lowest BCUT2D eigenvalue weighted by Crippen LogP contribution is -2.40. The zero-order chi connectivity index (χ0) is 15.0. The Labute approximate surface area is 126 Å². The number of hydrogen-bond donors (Lipinski definition) is 1. The molecule has 1 saturated heterocycles. The summed E-state index contributed by atoms with van der Waals surface area (Å²) in [6.45, 7) is 8.33. The fourth-order valence-electron chi connectivity index (χ4n) is 2.87. The van der Waals surface area contributed by atoms with Crippen molar-refractivity contribution in [1.82, 2.24) is 10.1 Å². The Kier molecular flexibility index (Phi) is 3.78. The summed E-state index contributed by atoms with van der Waals surface area (Å²) >= 11 is 0. The zero-order valence-electron chi connectivity index (χ0n) is 13.2. The highest BCUT2D eigenvalue weighted by Crippen LogP contribution is 2.32. The van der Waals surface area contributed by atoms with Gasteiger partial charge in [0.15, 0.2) is 0 Å². The van der Waals surface area contributed by atoms with Gasteiger partial charge in [-0.05, 0) is 38.1 Å². The van der Waals surface area contributed by atoms with Gasteiger partial charge in [0.25, 0.3) is 0 Å². The minimum atomic E-state index is -0.0716. The van der Waals surface area contributed by atoms with Gasteiger partial charge in [0, 0.05) is 18.0 Å². The molecule has 2 fully saturated rings. The predicted molar refractivity (Wildman–Crippen MR) is 81.2 cm³/mol. The largest absolute Gasteiger partial charge is 0.338 e. The number of nitrogens with one attached hydrogen (secondary N) is 1. The molecule has 1 aromatic rings. The van der Waals surface area contributed by atoms with Crippen molar-refractivity contribution in [2.24, 2.45) is 5.92 Å². The first kappa shape index (κ1) is 14.6. The molecule has 0 bridgehead atoms. The molecule has 0 spiro atoms. The molecule has 1 unspecified atom stereocenters. The highest BCUT2D eigenvalue weighted by Gasteiger charge is 2.35. The number of nitrogens with zero attached hydrogens (tertiary/aromatic N) is 2. The van der Waals surface area contributed by atoms with Crippen LogP contribution in [0.15, 0.2) is 10.6 Å². The van der Waals surface area contributed by atoms with Crippen molar-refractivity contribution in [2.75, 3.05) is 18.4 Å². The summed E-state index contributed by atoms with van der Waals surface area (Å²) in [6, 6.07) is 1.83. The molecule has 21 heavy (non-hydrogen) atoms. The maximum atomic E-state index is 12.4. The molecule has 0 radical (unpaired) electrons. The third-order valence-electron chi connectivity index (χ3n) is 4.38. The lowest BCUT2D eigenvalue weighted by molar-refractivity contribution is -0.120. The number of anilines is 1. The van der Waals surface area contributed by atoms with Crippen molar-refractivity contribution in [2.45, 2.75) is 57.9 Å². The number of carbonyl (C=O) groups excluding carboxylic acids is 1. The topological polar surface area (TPSA) is 58.4 Å². The summed E-state index contributed by atoms with van der Waals surface area (Å²) in [5.41, 5.74) is 0.789.